The van der Waals surface area contributed by atoms with Crippen molar-refractivity contribution < 1.29 is 9.42 Å². The number of rotatable bonds is 4. The number of nitrogens with two attached hydrogens (primary N) is 1. The van der Waals surface area contributed by atoms with Crippen LogP contribution in [0.1, 0.15) is 21.7 Å². The molecule has 11 heteroatoms. The van der Waals surface area contributed by atoms with Gasteiger partial charge in [-0.2, -0.15) is 9.78 Å². The highest BCUT2D eigenvalue weighted by atomic mass is 127. The van der Waals surface area contributed by atoms with Gasteiger partial charge in [0.2, 0.25) is 11.6 Å². The number of halogens is 1. The van der Waals surface area contributed by atoms with Gasteiger partial charge < -0.3 is 5.73 Å². The van der Waals surface area contributed by atoms with Crippen LogP contribution in [0.2, 0.25) is 0 Å². The van der Waals surface area contributed by atoms with Gasteiger partial charge in [-0.05, 0) is 45.9 Å². The maximum atomic E-state index is 12.4. The van der Waals surface area contributed by atoms with Crippen molar-refractivity contribution in [3.63, 3.8) is 0 Å². The van der Waals surface area contributed by atoms with E-state index in [1.807, 2.05) is 24.3 Å². The first-order valence-electron chi connectivity index (χ1n) is 6.66. The summed E-state index contributed by atoms with van der Waals surface area (Å²) in [6.45, 7) is 1.63. The van der Waals surface area contributed by atoms with E-state index in [-0.39, 0.29) is 17.3 Å². The molecule has 0 atom stereocenters. The third-order valence-electron chi connectivity index (χ3n) is 3.02. The average Bonchev–Trinajstić information content (AvgIpc) is 3.14. The van der Waals surface area contributed by atoms with Crippen LogP contribution in [-0.4, -0.2) is 37.4 Å². The Hall–Kier alpha value is -2.83. The zero-order chi connectivity index (χ0) is 17.1. The van der Waals surface area contributed by atoms with Gasteiger partial charge in [-0.3, -0.25) is 4.79 Å². The molecule has 3 N–H and O–H groups in total. The van der Waals surface area contributed by atoms with E-state index in [0.29, 0.717) is 5.69 Å². The van der Waals surface area contributed by atoms with Gasteiger partial charge in [0.15, 0.2) is 5.69 Å². The van der Waals surface area contributed by atoms with E-state index in [1.54, 1.807) is 13.1 Å². The number of aryl methyl sites for hydroxylation is 1. The molecule has 10 nitrogen and oxygen atoms in total. The quantitative estimate of drug-likeness (QED) is 0.351. The summed E-state index contributed by atoms with van der Waals surface area (Å²) in [6, 6.07) is 7.62. The van der Waals surface area contributed by atoms with Crippen LogP contribution in [0, 0.1) is 10.5 Å². The number of aromatic nitrogens is 5. The summed E-state index contributed by atoms with van der Waals surface area (Å²) in [5.74, 6) is -0.430. The lowest BCUT2D eigenvalue weighted by Gasteiger charge is -2.02. The van der Waals surface area contributed by atoms with Crippen LogP contribution in [-0.2, 0) is 0 Å². The maximum absolute atomic E-state index is 12.4. The molecule has 0 radical (unpaired) electrons. The molecule has 0 aliphatic rings. The van der Waals surface area contributed by atoms with E-state index in [4.69, 9.17) is 5.73 Å². The average molecular weight is 438 g/mol. The smallest absolute Gasteiger partial charge is 0.292 e. The number of carbonyl (C=O) groups is 1. The van der Waals surface area contributed by atoms with Crippen LogP contribution in [0.5, 0.6) is 0 Å². The van der Waals surface area contributed by atoms with E-state index < -0.39 is 5.91 Å². The molecule has 3 rings (SSSR count). The SMILES string of the molecule is Cc1nnn(-c2nonc2N)c1C(=O)N/N=C/c1ccccc1I. The van der Waals surface area contributed by atoms with Crippen molar-refractivity contribution >= 4 is 40.5 Å². The number of carbonyl (C=O) groups excluding carboxylic acids is 1. The van der Waals surface area contributed by atoms with Crippen molar-refractivity contribution in [3.05, 3.63) is 44.8 Å². The van der Waals surface area contributed by atoms with Gasteiger partial charge >= 0.3 is 0 Å². The lowest BCUT2D eigenvalue weighted by atomic mass is 10.2. The summed E-state index contributed by atoms with van der Waals surface area (Å²) >= 11 is 2.18. The van der Waals surface area contributed by atoms with Gasteiger partial charge in [-0.1, -0.05) is 23.4 Å². The van der Waals surface area contributed by atoms with Crippen LogP contribution in [0.3, 0.4) is 0 Å². The van der Waals surface area contributed by atoms with Crippen LogP contribution in [0.15, 0.2) is 34.0 Å². The van der Waals surface area contributed by atoms with Gasteiger partial charge in [-0.15, -0.1) is 5.10 Å². The molecule has 2 heterocycles. The molecule has 0 saturated heterocycles. The summed E-state index contributed by atoms with van der Waals surface area (Å²) in [6.07, 6.45) is 1.55. The Morgan fingerprint density at radius 3 is 2.92 bits per heavy atom. The second-order valence-corrected chi connectivity index (χ2v) is 5.79. The Bertz CT molecular complexity index is 916. The minimum absolute atomic E-state index is 0.00343. The first kappa shape index (κ1) is 16.0. The van der Waals surface area contributed by atoms with Gasteiger partial charge in [0.1, 0.15) is 0 Å². The summed E-state index contributed by atoms with van der Waals surface area (Å²) in [7, 11) is 0. The maximum Gasteiger partial charge on any atom is 0.292 e. The van der Waals surface area contributed by atoms with Crippen molar-refractivity contribution in [1.82, 2.24) is 30.7 Å². The zero-order valence-corrected chi connectivity index (χ0v) is 14.5. The number of hydrogen-bond acceptors (Lipinski definition) is 8. The van der Waals surface area contributed by atoms with Crippen molar-refractivity contribution in [2.24, 2.45) is 5.10 Å². The Morgan fingerprint density at radius 2 is 2.21 bits per heavy atom. The number of benzene rings is 1. The monoisotopic (exact) mass is 438 g/mol. The fraction of sp³-hybridized carbons (Fsp3) is 0.0769. The second kappa shape index (κ2) is 6.74. The molecule has 24 heavy (non-hydrogen) atoms. The molecule has 0 aliphatic heterocycles. The van der Waals surface area contributed by atoms with Crippen LogP contribution < -0.4 is 11.2 Å². The number of anilines is 1. The van der Waals surface area contributed by atoms with E-state index in [1.165, 1.54) is 0 Å². The molecular weight excluding hydrogens is 427 g/mol. The van der Waals surface area contributed by atoms with Crippen molar-refractivity contribution in [1.29, 1.82) is 0 Å². The van der Waals surface area contributed by atoms with Crippen molar-refractivity contribution in [3.8, 4) is 5.82 Å². The highest BCUT2D eigenvalue weighted by molar-refractivity contribution is 14.1. The normalized spacial score (nSPS) is 11.1. The van der Waals surface area contributed by atoms with Crippen molar-refractivity contribution in [2.75, 3.05) is 5.73 Å². The summed E-state index contributed by atoms with van der Waals surface area (Å²) in [4.78, 5) is 12.4. The predicted molar refractivity (Wildman–Crippen MR) is 92.6 cm³/mol. The molecule has 122 valence electrons. The Kier molecular flexibility index (Phi) is 4.50. The summed E-state index contributed by atoms with van der Waals surface area (Å²) < 4.78 is 6.68. The second-order valence-electron chi connectivity index (χ2n) is 4.63. The predicted octanol–water partition coefficient (Wildman–Crippen LogP) is 0.909. The number of nitrogens with one attached hydrogen (secondary N) is 1. The number of amides is 1. The molecule has 1 aromatic carbocycles. The first-order chi connectivity index (χ1) is 11.6. The number of hydrazone groups is 1. The molecule has 0 spiro atoms. The molecule has 0 aliphatic carbocycles. The lowest BCUT2D eigenvalue weighted by Crippen LogP contribution is -2.22. The van der Waals surface area contributed by atoms with Crippen LogP contribution in [0.4, 0.5) is 5.82 Å². The fourth-order valence-corrected chi connectivity index (χ4v) is 2.42. The molecule has 0 bridgehead atoms. The van der Waals surface area contributed by atoms with Gasteiger partial charge in [0, 0.05) is 9.13 Å². The zero-order valence-electron chi connectivity index (χ0n) is 12.3. The van der Waals surface area contributed by atoms with E-state index in [0.717, 1.165) is 13.8 Å². The van der Waals surface area contributed by atoms with Crippen molar-refractivity contribution in [2.45, 2.75) is 6.92 Å². The minimum atomic E-state index is -0.512. The summed E-state index contributed by atoms with van der Waals surface area (Å²) in [5.41, 5.74) is 9.46. The largest absolute Gasteiger partial charge is 0.378 e. The topological polar surface area (TPSA) is 137 Å². The molecule has 0 saturated carbocycles. The van der Waals surface area contributed by atoms with Crippen LogP contribution >= 0.6 is 22.6 Å². The molecule has 2 aromatic heterocycles. The standard InChI is InChI=1S/C13H11IN8O2/c1-7-10(22(21-17-7)12-11(15)19-24-20-12)13(23)18-16-6-8-4-2-3-5-9(8)14/h2-6H,1H3,(H2,15,19)(H,18,23)/b16-6+. The minimum Gasteiger partial charge on any atom is -0.378 e. The van der Waals surface area contributed by atoms with Gasteiger partial charge in [-0.25, -0.2) is 10.1 Å². The molecular formula is C13H11IN8O2. The fourth-order valence-electron chi connectivity index (χ4n) is 1.90. The van der Waals surface area contributed by atoms with Crippen LogP contribution in [0.25, 0.3) is 5.82 Å². The lowest BCUT2D eigenvalue weighted by molar-refractivity contribution is 0.0946. The molecule has 3 aromatic rings. The number of hydrogen-bond donors (Lipinski definition) is 2. The molecule has 0 fully saturated rings. The number of nitrogen functional groups attached to an aromatic ring is 1. The van der Waals surface area contributed by atoms with Gasteiger partial charge in [0.25, 0.3) is 5.91 Å². The highest BCUT2D eigenvalue weighted by Crippen LogP contribution is 2.15. The van der Waals surface area contributed by atoms with E-state index >= 15 is 0 Å². The Balaban J connectivity index is 1.83. The Labute approximate surface area is 149 Å². The Morgan fingerprint density at radius 1 is 1.42 bits per heavy atom. The number of nitrogens with zero attached hydrogens (tertiary/aromatic N) is 6. The van der Waals surface area contributed by atoms with E-state index in [9.17, 15) is 4.79 Å². The third-order valence-corrected chi connectivity index (χ3v) is 4.01. The first-order valence-corrected chi connectivity index (χ1v) is 7.74. The third kappa shape index (κ3) is 3.10. The van der Waals surface area contributed by atoms with Gasteiger partial charge in [0.05, 0.1) is 11.9 Å². The molecule has 1 amide bonds. The van der Waals surface area contributed by atoms with E-state index in [2.05, 4.69) is 58.4 Å². The summed E-state index contributed by atoms with van der Waals surface area (Å²) in [5, 5.41) is 18.7. The molecule has 0 unspecified atom stereocenters. The highest BCUT2D eigenvalue weighted by Gasteiger charge is 2.22.